The minimum absolute atomic E-state index is 0.209. The predicted molar refractivity (Wildman–Crippen MR) is 91.6 cm³/mol. The summed E-state index contributed by atoms with van der Waals surface area (Å²) >= 11 is 0. The summed E-state index contributed by atoms with van der Waals surface area (Å²) in [6.07, 6.45) is 11.4. The van der Waals surface area contributed by atoms with Crippen molar-refractivity contribution in [2.75, 3.05) is 0 Å². The Balaban J connectivity index is 2.24. The molecule has 2 nitrogen and oxygen atoms in total. The van der Waals surface area contributed by atoms with E-state index in [0.29, 0.717) is 11.8 Å². The predicted octanol–water partition coefficient (Wildman–Crippen LogP) is 5.37. The molecular formula is C20H30O2. The first-order valence-electron chi connectivity index (χ1n) is 8.46. The quantitative estimate of drug-likeness (QED) is 0.709. The number of allylic oxidation sites excluding steroid dienone is 4. The average Bonchev–Trinajstić information content (AvgIpc) is 2.43. The standard InChI is InChI=1S/C20H30O2/c1-14(13-18(21)22)9-11-19(4)16(3)10-12-20(5)15(2)7-6-8-17(19)20/h6-7,13,16-17H,2,8-12H2,1,3-5H3,(H,21,22)/b14-13+/t16-,17-,19+,20+/m1/s1. The Morgan fingerprint density at radius 2 is 2.18 bits per heavy atom. The van der Waals surface area contributed by atoms with Crippen molar-refractivity contribution >= 4 is 5.97 Å². The molecule has 2 aliphatic rings. The summed E-state index contributed by atoms with van der Waals surface area (Å²) < 4.78 is 0. The summed E-state index contributed by atoms with van der Waals surface area (Å²) in [6, 6.07) is 0. The van der Waals surface area contributed by atoms with Crippen molar-refractivity contribution in [3.8, 4) is 0 Å². The number of carbonyl (C=O) groups is 1. The first kappa shape index (κ1) is 17.1. The Bertz CT molecular complexity index is 528. The van der Waals surface area contributed by atoms with E-state index in [9.17, 15) is 4.79 Å². The van der Waals surface area contributed by atoms with E-state index in [1.165, 1.54) is 24.5 Å². The van der Waals surface area contributed by atoms with Crippen molar-refractivity contribution in [1.29, 1.82) is 0 Å². The molecule has 2 rings (SSSR count). The zero-order chi connectivity index (χ0) is 16.5. The number of hydrogen-bond acceptors (Lipinski definition) is 1. The van der Waals surface area contributed by atoms with Crippen LogP contribution >= 0.6 is 0 Å². The minimum Gasteiger partial charge on any atom is -0.478 e. The third-order valence-electron chi connectivity index (χ3n) is 6.64. The molecule has 0 unspecified atom stereocenters. The van der Waals surface area contributed by atoms with Gasteiger partial charge in [-0.25, -0.2) is 4.79 Å². The van der Waals surface area contributed by atoms with Crippen LogP contribution in [0.15, 0.2) is 36.0 Å². The lowest BCUT2D eigenvalue weighted by Crippen LogP contribution is -2.49. The summed E-state index contributed by atoms with van der Waals surface area (Å²) in [5, 5.41) is 8.90. The van der Waals surface area contributed by atoms with Crippen LogP contribution < -0.4 is 0 Å². The molecule has 22 heavy (non-hydrogen) atoms. The van der Waals surface area contributed by atoms with Crippen molar-refractivity contribution in [3.63, 3.8) is 0 Å². The Morgan fingerprint density at radius 3 is 2.82 bits per heavy atom. The summed E-state index contributed by atoms with van der Waals surface area (Å²) in [4.78, 5) is 10.8. The number of rotatable bonds is 4. The minimum atomic E-state index is -0.835. The third kappa shape index (κ3) is 2.93. The molecule has 0 saturated heterocycles. The van der Waals surface area contributed by atoms with Gasteiger partial charge >= 0.3 is 5.97 Å². The van der Waals surface area contributed by atoms with Crippen LogP contribution in [-0.4, -0.2) is 11.1 Å². The maximum atomic E-state index is 10.8. The Morgan fingerprint density at radius 1 is 1.50 bits per heavy atom. The van der Waals surface area contributed by atoms with Crippen LogP contribution in [0, 0.1) is 22.7 Å². The SMILES string of the molecule is C=C1C=CC[C@@H]2[C@@](C)(CC/C(C)=C/C(=O)O)[C@H](C)CC[C@@]12C. The molecule has 0 spiro atoms. The Labute approximate surface area is 135 Å². The van der Waals surface area contributed by atoms with E-state index < -0.39 is 5.97 Å². The second kappa shape index (κ2) is 6.06. The second-order valence-corrected chi connectivity index (χ2v) is 7.91. The molecule has 122 valence electrons. The number of fused-ring (bicyclic) bond motifs is 1. The maximum absolute atomic E-state index is 10.8. The molecule has 0 heterocycles. The molecule has 0 aromatic heterocycles. The third-order valence-corrected chi connectivity index (χ3v) is 6.64. The maximum Gasteiger partial charge on any atom is 0.328 e. The molecule has 0 radical (unpaired) electrons. The first-order chi connectivity index (χ1) is 10.2. The van der Waals surface area contributed by atoms with Crippen LogP contribution in [0.4, 0.5) is 0 Å². The Kier molecular flexibility index (Phi) is 4.70. The Hall–Kier alpha value is -1.31. The molecule has 0 amide bonds. The van der Waals surface area contributed by atoms with E-state index in [0.717, 1.165) is 24.8 Å². The lowest BCUT2D eigenvalue weighted by Gasteiger charge is -2.57. The number of hydrogen-bond donors (Lipinski definition) is 1. The summed E-state index contributed by atoms with van der Waals surface area (Å²) in [7, 11) is 0. The molecule has 0 aromatic rings. The topological polar surface area (TPSA) is 37.3 Å². The number of aliphatic carboxylic acids is 1. The number of carboxylic acids is 1. The van der Waals surface area contributed by atoms with E-state index >= 15 is 0 Å². The van der Waals surface area contributed by atoms with Gasteiger partial charge in [0, 0.05) is 6.08 Å². The van der Waals surface area contributed by atoms with Crippen molar-refractivity contribution in [2.45, 2.75) is 59.8 Å². The van der Waals surface area contributed by atoms with Crippen molar-refractivity contribution in [1.82, 2.24) is 0 Å². The van der Waals surface area contributed by atoms with Gasteiger partial charge in [0.25, 0.3) is 0 Å². The van der Waals surface area contributed by atoms with Gasteiger partial charge in [-0.2, -0.15) is 0 Å². The van der Waals surface area contributed by atoms with E-state index in [4.69, 9.17) is 5.11 Å². The molecule has 0 aliphatic heterocycles. The molecule has 2 heteroatoms. The highest BCUT2D eigenvalue weighted by Crippen LogP contribution is 2.61. The molecule has 1 N–H and O–H groups in total. The van der Waals surface area contributed by atoms with Crippen molar-refractivity contribution < 1.29 is 9.90 Å². The van der Waals surface area contributed by atoms with Crippen LogP contribution in [0.5, 0.6) is 0 Å². The molecule has 0 bridgehead atoms. The lowest BCUT2D eigenvalue weighted by molar-refractivity contribution is -0.131. The lowest BCUT2D eigenvalue weighted by atomic mass is 9.47. The molecule has 1 saturated carbocycles. The summed E-state index contributed by atoms with van der Waals surface area (Å²) in [5.41, 5.74) is 2.70. The molecule has 2 aliphatic carbocycles. The highest BCUT2D eigenvalue weighted by molar-refractivity contribution is 5.80. The second-order valence-electron chi connectivity index (χ2n) is 7.91. The van der Waals surface area contributed by atoms with Crippen LogP contribution in [0.25, 0.3) is 0 Å². The fraction of sp³-hybridized carbons (Fsp3) is 0.650. The summed E-state index contributed by atoms with van der Waals surface area (Å²) in [5.74, 6) is 0.444. The molecule has 1 fully saturated rings. The van der Waals surface area contributed by atoms with E-state index in [2.05, 4.69) is 39.5 Å². The van der Waals surface area contributed by atoms with E-state index in [-0.39, 0.29) is 10.8 Å². The molecular weight excluding hydrogens is 272 g/mol. The van der Waals surface area contributed by atoms with Crippen molar-refractivity contribution in [3.05, 3.63) is 36.0 Å². The highest BCUT2D eigenvalue weighted by Gasteiger charge is 2.52. The van der Waals surface area contributed by atoms with Gasteiger partial charge in [0.2, 0.25) is 0 Å². The van der Waals surface area contributed by atoms with Crippen LogP contribution in [0.1, 0.15) is 59.8 Å². The van der Waals surface area contributed by atoms with Gasteiger partial charge < -0.3 is 5.11 Å². The number of carboxylic acid groups (broad SMARTS) is 1. The van der Waals surface area contributed by atoms with Crippen LogP contribution in [0.3, 0.4) is 0 Å². The molecule has 4 atom stereocenters. The van der Waals surface area contributed by atoms with Crippen LogP contribution in [0.2, 0.25) is 0 Å². The monoisotopic (exact) mass is 302 g/mol. The summed E-state index contributed by atoms with van der Waals surface area (Å²) in [6.45, 7) is 13.4. The normalized spacial score (nSPS) is 38.7. The van der Waals surface area contributed by atoms with Crippen molar-refractivity contribution in [2.24, 2.45) is 22.7 Å². The average molecular weight is 302 g/mol. The van der Waals surface area contributed by atoms with Gasteiger partial charge in [-0.15, -0.1) is 0 Å². The van der Waals surface area contributed by atoms with Gasteiger partial charge in [0.15, 0.2) is 0 Å². The fourth-order valence-corrected chi connectivity index (χ4v) is 4.71. The fourth-order valence-electron chi connectivity index (χ4n) is 4.71. The van der Waals surface area contributed by atoms with Gasteiger partial charge in [0.05, 0.1) is 0 Å². The van der Waals surface area contributed by atoms with E-state index in [1.807, 2.05) is 6.92 Å². The zero-order valence-corrected chi connectivity index (χ0v) is 14.5. The molecule has 0 aromatic carbocycles. The first-order valence-corrected chi connectivity index (χ1v) is 8.46. The van der Waals surface area contributed by atoms with Gasteiger partial charge in [-0.3, -0.25) is 0 Å². The van der Waals surface area contributed by atoms with E-state index in [1.54, 1.807) is 0 Å². The largest absolute Gasteiger partial charge is 0.478 e. The van der Waals surface area contributed by atoms with Gasteiger partial charge in [-0.05, 0) is 67.3 Å². The van der Waals surface area contributed by atoms with Gasteiger partial charge in [-0.1, -0.05) is 45.1 Å². The van der Waals surface area contributed by atoms with Gasteiger partial charge in [0.1, 0.15) is 0 Å². The smallest absolute Gasteiger partial charge is 0.328 e. The zero-order valence-electron chi connectivity index (χ0n) is 14.5. The van der Waals surface area contributed by atoms with Crippen LogP contribution in [-0.2, 0) is 4.79 Å². The highest BCUT2D eigenvalue weighted by atomic mass is 16.4.